The number of carbonyl (C=O) groups is 1. The van der Waals surface area contributed by atoms with E-state index in [9.17, 15) is 9.36 Å². The molecule has 0 saturated carbocycles. The SMILES string of the molecule is CCCCCCCCP(=O)(C(=O)CN(CC(C)C)CC(C)C)c1ccccc1. The lowest BCUT2D eigenvalue weighted by molar-refractivity contribution is -0.113. The van der Waals surface area contributed by atoms with E-state index in [1.165, 1.54) is 25.7 Å². The van der Waals surface area contributed by atoms with Crippen LogP contribution in [0, 0.1) is 11.8 Å². The second-order valence-electron chi connectivity index (χ2n) is 8.94. The van der Waals surface area contributed by atoms with Gasteiger partial charge in [0.25, 0.3) is 0 Å². The van der Waals surface area contributed by atoms with Crippen molar-refractivity contribution < 1.29 is 9.36 Å². The zero-order chi connectivity index (χ0) is 21.0. The lowest BCUT2D eigenvalue weighted by Gasteiger charge is -2.27. The van der Waals surface area contributed by atoms with Crippen molar-refractivity contribution in [3.8, 4) is 0 Å². The molecule has 0 N–H and O–H groups in total. The van der Waals surface area contributed by atoms with Crippen LogP contribution in [-0.4, -0.2) is 36.2 Å². The number of nitrogens with zero attached hydrogens (tertiary/aromatic N) is 1. The summed E-state index contributed by atoms with van der Waals surface area (Å²) in [6.45, 7) is 12.9. The van der Waals surface area contributed by atoms with Crippen molar-refractivity contribution in [1.29, 1.82) is 0 Å². The summed E-state index contributed by atoms with van der Waals surface area (Å²) < 4.78 is 13.9. The molecular formula is C24H42NO2P. The molecule has 1 rings (SSSR count). The van der Waals surface area contributed by atoms with Gasteiger partial charge in [0.05, 0.1) is 6.54 Å². The number of hydrogen-bond donors (Lipinski definition) is 0. The molecule has 3 nitrogen and oxygen atoms in total. The first-order valence-corrected chi connectivity index (χ1v) is 13.1. The van der Waals surface area contributed by atoms with Crippen LogP contribution in [0.5, 0.6) is 0 Å². The van der Waals surface area contributed by atoms with E-state index in [0.29, 0.717) is 24.5 Å². The van der Waals surface area contributed by atoms with Gasteiger partial charge in [-0.05, 0) is 18.3 Å². The van der Waals surface area contributed by atoms with Gasteiger partial charge in [-0.3, -0.25) is 9.69 Å². The molecule has 28 heavy (non-hydrogen) atoms. The molecule has 0 aromatic heterocycles. The molecule has 1 aromatic carbocycles. The highest BCUT2D eigenvalue weighted by molar-refractivity contribution is 7.86. The van der Waals surface area contributed by atoms with E-state index in [0.717, 1.165) is 31.2 Å². The third-order valence-corrected chi connectivity index (χ3v) is 8.03. The van der Waals surface area contributed by atoms with E-state index in [2.05, 4.69) is 39.5 Å². The Balaban J connectivity index is 2.87. The van der Waals surface area contributed by atoms with Crippen molar-refractivity contribution in [3.05, 3.63) is 30.3 Å². The van der Waals surface area contributed by atoms with Gasteiger partial charge in [0.2, 0.25) is 5.52 Å². The first kappa shape index (κ1) is 25.1. The number of benzene rings is 1. The third-order valence-electron chi connectivity index (χ3n) is 5.01. The third kappa shape index (κ3) is 9.05. The van der Waals surface area contributed by atoms with Crippen LogP contribution in [0.15, 0.2) is 30.3 Å². The molecule has 0 bridgehead atoms. The largest absolute Gasteiger partial charge is 0.311 e. The average Bonchev–Trinajstić information content (AvgIpc) is 2.64. The molecule has 4 heteroatoms. The molecule has 0 aliphatic carbocycles. The van der Waals surface area contributed by atoms with Gasteiger partial charge >= 0.3 is 0 Å². The molecule has 0 saturated heterocycles. The van der Waals surface area contributed by atoms with E-state index < -0.39 is 7.14 Å². The van der Waals surface area contributed by atoms with Crippen molar-refractivity contribution >= 4 is 18.0 Å². The van der Waals surface area contributed by atoms with Crippen molar-refractivity contribution in [2.75, 3.05) is 25.8 Å². The van der Waals surface area contributed by atoms with Crippen molar-refractivity contribution in [1.82, 2.24) is 4.90 Å². The maximum absolute atomic E-state index is 13.9. The fraction of sp³-hybridized carbons (Fsp3) is 0.708. The summed E-state index contributed by atoms with van der Waals surface area (Å²) in [4.78, 5) is 15.5. The summed E-state index contributed by atoms with van der Waals surface area (Å²) in [6.07, 6.45) is 7.33. The number of carbonyl (C=O) groups excluding carboxylic acids is 1. The van der Waals surface area contributed by atoms with E-state index in [-0.39, 0.29) is 5.52 Å². The van der Waals surface area contributed by atoms with Gasteiger partial charge < -0.3 is 4.57 Å². The highest BCUT2D eigenvalue weighted by atomic mass is 31.2. The Kier molecular flexibility index (Phi) is 12.0. The average molecular weight is 408 g/mol. The van der Waals surface area contributed by atoms with Gasteiger partial charge in [-0.2, -0.15) is 0 Å². The van der Waals surface area contributed by atoms with Gasteiger partial charge in [0.15, 0.2) is 7.14 Å². The van der Waals surface area contributed by atoms with Gasteiger partial charge in [-0.1, -0.05) is 97.1 Å². The molecule has 0 radical (unpaired) electrons. The topological polar surface area (TPSA) is 37.4 Å². The van der Waals surface area contributed by atoms with Crippen molar-refractivity contribution in [2.45, 2.75) is 73.1 Å². The molecular weight excluding hydrogens is 365 g/mol. The summed E-state index contributed by atoms with van der Waals surface area (Å²) >= 11 is 0. The Bertz CT molecular complexity index is 588. The smallest absolute Gasteiger partial charge is 0.209 e. The molecule has 0 amide bonds. The summed E-state index contributed by atoms with van der Waals surface area (Å²) in [5.41, 5.74) is -0.0615. The van der Waals surface area contributed by atoms with Crippen LogP contribution < -0.4 is 5.30 Å². The summed E-state index contributed by atoms with van der Waals surface area (Å²) in [7, 11) is -3.04. The van der Waals surface area contributed by atoms with E-state index in [1.54, 1.807) is 0 Å². The summed E-state index contributed by atoms with van der Waals surface area (Å²) in [5, 5.41) is 0.739. The van der Waals surface area contributed by atoms with E-state index >= 15 is 0 Å². The Hall–Kier alpha value is -0.920. The van der Waals surface area contributed by atoms with Crippen LogP contribution in [0.4, 0.5) is 0 Å². The van der Waals surface area contributed by atoms with Gasteiger partial charge in [0.1, 0.15) is 0 Å². The highest BCUT2D eigenvalue weighted by Crippen LogP contribution is 2.46. The quantitative estimate of drug-likeness (QED) is 0.257. The molecule has 1 aromatic rings. The predicted molar refractivity (Wildman–Crippen MR) is 123 cm³/mol. The number of unbranched alkanes of at least 4 members (excludes halogenated alkanes) is 5. The second-order valence-corrected chi connectivity index (χ2v) is 11.9. The van der Waals surface area contributed by atoms with Crippen molar-refractivity contribution in [2.24, 2.45) is 11.8 Å². The van der Waals surface area contributed by atoms with Crippen LogP contribution in [0.25, 0.3) is 0 Å². The second kappa shape index (κ2) is 13.3. The predicted octanol–water partition coefficient (Wildman–Crippen LogP) is 6.18. The molecule has 0 fully saturated rings. The fourth-order valence-electron chi connectivity index (χ4n) is 3.72. The lowest BCUT2D eigenvalue weighted by Crippen LogP contribution is -2.37. The minimum atomic E-state index is -3.04. The first-order valence-electron chi connectivity index (χ1n) is 11.2. The maximum Gasteiger partial charge on any atom is 0.209 e. The zero-order valence-electron chi connectivity index (χ0n) is 18.8. The molecule has 0 heterocycles. The molecule has 0 aliphatic rings. The molecule has 0 aliphatic heterocycles. The van der Waals surface area contributed by atoms with Crippen molar-refractivity contribution in [3.63, 3.8) is 0 Å². The van der Waals surface area contributed by atoms with E-state index in [1.807, 2.05) is 30.3 Å². The molecule has 1 atom stereocenters. The zero-order valence-corrected chi connectivity index (χ0v) is 19.7. The Morgan fingerprint density at radius 3 is 1.96 bits per heavy atom. The van der Waals surface area contributed by atoms with Gasteiger partial charge in [-0.25, -0.2) is 0 Å². The number of rotatable bonds is 15. The highest BCUT2D eigenvalue weighted by Gasteiger charge is 2.34. The molecule has 1 unspecified atom stereocenters. The Morgan fingerprint density at radius 1 is 0.893 bits per heavy atom. The molecule has 160 valence electrons. The Labute approximate surface area is 173 Å². The maximum atomic E-state index is 13.9. The molecule has 0 spiro atoms. The minimum Gasteiger partial charge on any atom is -0.311 e. The van der Waals surface area contributed by atoms with Crippen LogP contribution >= 0.6 is 7.14 Å². The number of hydrogen-bond acceptors (Lipinski definition) is 3. The first-order chi connectivity index (χ1) is 13.3. The standard InChI is InChI=1S/C24H42NO2P/c1-6-7-8-9-10-14-17-28(27,23-15-12-11-13-16-23)24(26)20-25(18-21(2)3)19-22(4)5/h11-13,15-16,21-22H,6-10,14,17-20H2,1-5H3. The normalized spacial score (nSPS) is 14.0. The minimum absolute atomic E-state index is 0.0615. The van der Waals surface area contributed by atoms with Crippen LogP contribution in [0.1, 0.15) is 73.1 Å². The summed E-state index contributed by atoms with van der Waals surface area (Å²) in [6, 6.07) is 9.48. The lowest BCUT2D eigenvalue weighted by atomic mass is 10.1. The van der Waals surface area contributed by atoms with Crippen LogP contribution in [0.2, 0.25) is 0 Å². The Morgan fingerprint density at radius 2 is 1.43 bits per heavy atom. The van der Waals surface area contributed by atoms with E-state index in [4.69, 9.17) is 0 Å². The fourth-order valence-corrected chi connectivity index (χ4v) is 6.27. The summed E-state index contributed by atoms with van der Waals surface area (Å²) in [5.74, 6) is 0.974. The monoisotopic (exact) mass is 407 g/mol. The van der Waals surface area contributed by atoms with Gasteiger partial charge in [0, 0.05) is 24.6 Å². The van der Waals surface area contributed by atoms with Crippen LogP contribution in [0.3, 0.4) is 0 Å². The van der Waals surface area contributed by atoms with Gasteiger partial charge in [-0.15, -0.1) is 0 Å². The van der Waals surface area contributed by atoms with Crippen LogP contribution in [-0.2, 0) is 9.36 Å².